The predicted octanol–water partition coefficient (Wildman–Crippen LogP) is 3.87. The molecule has 0 aromatic rings. The fraction of sp³-hybridized carbons (Fsp3) is 0.759. The molecule has 3 aliphatic rings. The summed E-state index contributed by atoms with van der Waals surface area (Å²) >= 11 is 1.73. The Morgan fingerprint density at radius 2 is 1.70 bits per heavy atom. The lowest BCUT2D eigenvalue weighted by Crippen LogP contribution is -2.55. The highest BCUT2D eigenvalue weighted by atomic mass is 32.2. The number of nitrogens with zero attached hydrogens (tertiary/aromatic N) is 3. The van der Waals surface area contributed by atoms with Crippen molar-refractivity contribution in [3.8, 4) is 0 Å². The molecule has 5 atom stereocenters. The molecule has 0 aliphatic carbocycles. The Bertz CT molecular complexity index is 866. The second kappa shape index (κ2) is 12.8. The van der Waals surface area contributed by atoms with Gasteiger partial charge in [-0.2, -0.15) is 0 Å². The van der Waals surface area contributed by atoms with Gasteiger partial charge in [-0.05, 0) is 45.4 Å². The van der Waals surface area contributed by atoms with Crippen LogP contribution in [0.2, 0.25) is 0 Å². The van der Waals surface area contributed by atoms with E-state index in [0.29, 0.717) is 45.6 Å². The third-order valence-corrected chi connectivity index (χ3v) is 10.4. The van der Waals surface area contributed by atoms with Crippen molar-refractivity contribution in [1.29, 1.82) is 0 Å². The predicted molar refractivity (Wildman–Crippen MR) is 150 cm³/mol. The van der Waals surface area contributed by atoms with Crippen LogP contribution in [0.5, 0.6) is 0 Å². The molecule has 2 unspecified atom stereocenters. The quantitative estimate of drug-likeness (QED) is 0.241. The summed E-state index contributed by atoms with van der Waals surface area (Å²) in [6.45, 7) is 16.7. The van der Waals surface area contributed by atoms with Crippen molar-refractivity contribution >= 4 is 29.5 Å². The number of fused-ring (bicyclic) bond motifs is 1. The van der Waals surface area contributed by atoms with Crippen LogP contribution in [0.25, 0.3) is 0 Å². The van der Waals surface area contributed by atoms with Gasteiger partial charge >= 0.3 is 0 Å². The number of rotatable bonds is 16. The molecule has 3 heterocycles. The van der Waals surface area contributed by atoms with E-state index < -0.39 is 22.6 Å². The summed E-state index contributed by atoms with van der Waals surface area (Å²) in [5, 5.41) is 9.38. The van der Waals surface area contributed by atoms with Gasteiger partial charge < -0.3 is 19.8 Å². The molecule has 3 aliphatic heterocycles. The van der Waals surface area contributed by atoms with Gasteiger partial charge in [0.05, 0.1) is 16.6 Å². The number of aliphatic hydroxyl groups is 1. The lowest BCUT2D eigenvalue weighted by atomic mass is 9.66. The number of aliphatic hydroxyl groups excluding tert-OH is 1. The molecule has 1 spiro atoms. The van der Waals surface area contributed by atoms with Crippen LogP contribution in [0.3, 0.4) is 0 Å². The fourth-order valence-corrected chi connectivity index (χ4v) is 9.15. The van der Waals surface area contributed by atoms with Gasteiger partial charge in [-0.25, -0.2) is 0 Å². The molecular weight excluding hydrogens is 486 g/mol. The lowest BCUT2D eigenvalue weighted by Gasteiger charge is -2.38. The summed E-state index contributed by atoms with van der Waals surface area (Å²) in [6.07, 6.45) is 10.1. The lowest BCUT2D eigenvalue weighted by molar-refractivity contribution is -0.145. The third-order valence-electron chi connectivity index (χ3n) is 8.43. The van der Waals surface area contributed by atoms with E-state index >= 15 is 0 Å². The average Bonchev–Trinajstić information content (AvgIpc) is 3.44. The minimum absolute atomic E-state index is 0.0165. The van der Waals surface area contributed by atoms with E-state index in [2.05, 4.69) is 27.0 Å². The summed E-state index contributed by atoms with van der Waals surface area (Å²) in [5.41, 5.74) is 0. The van der Waals surface area contributed by atoms with Gasteiger partial charge in [0.25, 0.3) is 0 Å². The van der Waals surface area contributed by atoms with Crippen molar-refractivity contribution in [2.75, 3.05) is 39.3 Å². The van der Waals surface area contributed by atoms with Crippen LogP contribution in [0.1, 0.15) is 72.1 Å². The normalized spacial score (nSPS) is 29.9. The molecule has 3 rings (SSSR count). The molecule has 0 saturated carbocycles. The van der Waals surface area contributed by atoms with E-state index in [-0.39, 0.29) is 29.1 Å². The molecule has 0 aromatic heterocycles. The van der Waals surface area contributed by atoms with Gasteiger partial charge in [-0.3, -0.25) is 14.4 Å². The van der Waals surface area contributed by atoms with E-state index in [1.807, 2.05) is 16.7 Å². The Morgan fingerprint density at radius 3 is 2.30 bits per heavy atom. The number of thioether (sulfide) groups is 1. The van der Waals surface area contributed by atoms with Crippen molar-refractivity contribution in [1.82, 2.24) is 14.7 Å². The Balaban J connectivity index is 2.02. The monoisotopic (exact) mass is 533 g/mol. The molecule has 8 heteroatoms. The summed E-state index contributed by atoms with van der Waals surface area (Å²) in [7, 11) is 0. The highest BCUT2D eigenvalue weighted by Crippen LogP contribution is 2.71. The second-order valence-corrected chi connectivity index (χ2v) is 12.9. The van der Waals surface area contributed by atoms with E-state index in [9.17, 15) is 19.5 Å². The maximum atomic E-state index is 14.3. The molecule has 3 amide bonds. The van der Waals surface area contributed by atoms with Crippen LogP contribution < -0.4 is 0 Å². The highest BCUT2D eigenvalue weighted by molar-refractivity contribution is 8.02. The molecule has 2 bridgehead atoms. The zero-order chi connectivity index (χ0) is 27.2. The summed E-state index contributed by atoms with van der Waals surface area (Å²) in [5.74, 6) is -1.01. The first-order valence-corrected chi connectivity index (χ1v) is 15.0. The average molecular weight is 534 g/mol. The van der Waals surface area contributed by atoms with E-state index in [1.165, 1.54) is 0 Å². The standard InChI is InChI=1S/C29H47N3O4S/c1-6-10-11-19-31(18-9-4)27(36)24-29-15-14-28(5,37-29)22(25(34)30(16-7-2)17-8-3)23(29)26(35)32(24)20-12-13-21-33/h7,9,22-24,33H,2,4,6,8,10-21H2,1,3,5H3/t22-,23+,24?,28+,29?/m1/s1. The molecule has 0 aromatic carbocycles. The van der Waals surface area contributed by atoms with Crippen LogP contribution in [0, 0.1) is 11.8 Å². The zero-order valence-corrected chi connectivity index (χ0v) is 23.9. The number of carbonyl (C=O) groups excluding carboxylic acids is 3. The summed E-state index contributed by atoms with van der Waals surface area (Å²) in [4.78, 5) is 47.9. The van der Waals surface area contributed by atoms with Gasteiger partial charge in [-0.15, -0.1) is 24.9 Å². The fourth-order valence-electron chi connectivity index (χ4n) is 6.80. The van der Waals surface area contributed by atoms with Crippen LogP contribution >= 0.6 is 11.8 Å². The van der Waals surface area contributed by atoms with Crippen LogP contribution in [-0.2, 0) is 14.4 Å². The first kappa shape index (κ1) is 29.8. The minimum atomic E-state index is -0.599. The number of carbonyl (C=O) groups is 3. The van der Waals surface area contributed by atoms with Gasteiger partial charge in [0.2, 0.25) is 17.7 Å². The van der Waals surface area contributed by atoms with Crippen LogP contribution in [-0.4, -0.2) is 92.4 Å². The number of unbranched alkanes of at least 4 members (excludes halogenated alkanes) is 3. The largest absolute Gasteiger partial charge is 0.396 e. The SMILES string of the molecule is C=CCN(CCCCC)C(=O)C1N(CCCCO)C(=O)[C@@H]2[C@H](C(=O)N(CC=C)CCC)[C@]3(C)CCC12S3. The topological polar surface area (TPSA) is 81.2 Å². The van der Waals surface area contributed by atoms with Crippen LogP contribution in [0.15, 0.2) is 25.3 Å². The van der Waals surface area contributed by atoms with Crippen molar-refractivity contribution in [3.63, 3.8) is 0 Å². The molecular formula is C29H47N3O4S. The van der Waals surface area contributed by atoms with Gasteiger partial charge in [0.15, 0.2) is 0 Å². The summed E-state index contributed by atoms with van der Waals surface area (Å²) in [6, 6.07) is -0.589. The number of amides is 3. The van der Waals surface area contributed by atoms with Gasteiger partial charge in [-0.1, -0.05) is 38.8 Å². The van der Waals surface area contributed by atoms with Crippen molar-refractivity contribution in [2.24, 2.45) is 11.8 Å². The molecule has 0 radical (unpaired) electrons. The third kappa shape index (κ3) is 5.51. The van der Waals surface area contributed by atoms with E-state index in [1.54, 1.807) is 28.8 Å². The van der Waals surface area contributed by atoms with E-state index in [4.69, 9.17) is 0 Å². The Labute approximate surface area is 227 Å². The minimum Gasteiger partial charge on any atom is -0.396 e. The molecule has 37 heavy (non-hydrogen) atoms. The van der Waals surface area contributed by atoms with E-state index in [0.717, 1.165) is 38.5 Å². The number of likely N-dealkylation sites (tertiary alicyclic amines) is 1. The molecule has 3 saturated heterocycles. The summed E-state index contributed by atoms with van der Waals surface area (Å²) < 4.78 is -0.968. The Kier molecular flexibility index (Phi) is 10.3. The van der Waals surface area contributed by atoms with Crippen molar-refractivity contribution in [2.45, 2.75) is 87.7 Å². The molecule has 208 valence electrons. The first-order valence-electron chi connectivity index (χ1n) is 14.2. The van der Waals surface area contributed by atoms with Gasteiger partial charge in [0.1, 0.15) is 6.04 Å². The molecule has 3 fully saturated rings. The number of hydrogen-bond donors (Lipinski definition) is 1. The van der Waals surface area contributed by atoms with Crippen molar-refractivity contribution in [3.05, 3.63) is 25.3 Å². The van der Waals surface area contributed by atoms with Crippen molar-refractivity contribution < 1.29 is 19.5 Å². The maximum absolute atomic E-state index is 14.3. The highest BCUT2D eigenvalue weighted by Gasteiger charge is 2.77. The second-order valence-electron chi connectivity index (χ2n) is 11.0. The van der Waals surface area contributed by atoms with Crippen LogP contribution in [0.4, 0.5) is 0 Å². The Hall–Kier alpha value is -1.80. The molecule has 7 nitrogen and oxygen atoms in total. The first-order chi connectivity index (χ1) is 17.8. The molecule has 1 N–H and O–H groups in total. The number of hydrogen-bond acceptors (Lipinski definition) is 5. The Morgan fingerprint density at radius 1 is 1.03 bits per heavy atom. The van der Waals surface area contributed by atoms with Gasteiger partial charge in [0, 0.05) is 44.1 Å². The smallest absolute Gasteiger partial charge is 0.247 e. The maximum Gasteiger partial charge on any atom is 0.247 e. The zero-order valence-electron chi connectivity index (χ0n) is 23.1.